The summed E-state index contributed by atoms with van der Waals surface area (Å²) >= 11 is 3.09. The number of carbonyl (C=O) groups is 1. The van der Waals surface area contributed by atoms with Gasteiger partial charge in [-0.2, -0.15) is 5.26 Å². The molecule has 0 saturated carbocycles. The van der Waals surface area contributed by atoms with Gasteiger partial charge in [0.1, 0.15) is 5.75 Å². The van der Waals surface area contributed by atoms with Crippen molar-refractivity contribution in [1.82, 2.24) is 0 Å². The quantitative estimate of drug-likeness (QED) is 0.804. The van der Waals surface area contributed by atoms with Gasteiger partial charge in [0.05, 0.1) is 22.5 Å². The number of nitrogens with zero attached hydrogens (tertiary/aromatic N) is 1. The van der Waals surface area contributed by atoms with Gasteiger partial charge < -0.3 is 5.11 Å². The van der Waals surface area contributed by atoms with E-state index >= 15 is 0 Å². The molecule has 1 aromatic rings. The Morgan fingerprint density at radius 2 is 2.31 bits per heavy atom. The smallest absolute Gasteiger partial charge is 0.153 e. The fourth-order valence-corrected chi connectivity index (χ4v) is 1.48. The van der Waals surface area contributed by atoms with Crippen LogP contribution in [0, 0.1) is 11.3 Å². The van der Waals surface area contributed by atoms with Crippen LogP contribution in [0.2, 0.25) is 0 Å². The summed E-state index contributed by atoms with van der Waals surface area (Å²) in [5.41, 5.74) is 0.897. The molecule has 1 N–H and O–H groups in total. The summed E-state index contributed by atoms with van der Waals surface area (Å²) in [5, 5.41) is 17.8. The first-order valence-corrected chi connectivity index (χ1v) is 4.32. The van der Waals surface area contributed by atoms with Gasteiger partial charge in [-0.05, 0) is 33.6 Å². The second-order valence-electron chi connectivity index (χ2n) is 2.47. The van der Waals surface area contributed by atoms with Crippen molar-refractivity contribution >= 4 is 22.2 Å². The molecule has 0 saturated heterocycles. The van der Waals surface area contributed by atoms with Crippen LogP contribution in [-0.2, 0) is 6.42 Å². The Hall–Kier alpha value is -1.34. The van der Waals surface area contributed by atoms with Crippen molar-refractivity contribution in [2.45, 2.75) is 6.42 Å². The first-order chi connectivity index (χ1) is 6.19. The molecule has 13 heavy (non-hydrogen) atoms. The number of benzene rings is 1. The van der Waals surface area contributed by atoms with Gasteiger partial charge in [0.2, 0.25) is 0 Å². The summed E-state index contributed by atoms with van der Waals surface area (Å²) in [6.07, 6.45) is 0.778. The number of rotatable bonds is 2. The van der Waals surface area contributed by atoms with Crippen LogP contribution in [0.25, 0.3) is 0 Å². The Kier molecular flexibility index (Phi) is 3.04. The van der Waals surface area contributed by atoms with E-state index in [1.165, 1.54) is 6.07 Å². The standard InChI is InChI=1S/C9H6BrNO2/c10-8-4-6(1-2-11)3-7(5-12)9(8)13/h3-5,13H,1H2. The van der Waals surface area contributed by atoms with E-state index in [1.807, 2.05) is 6.07 Å². The van der Waals surface area contributed by atoms with Crippen LogP contribution in [0.15, 0.2) is 16.6 Å². The Bertz CT molecular complexity index is 382. The molecule has 0 radical (unpaired) electrons. The van der Waals surface area contributed by atoms with E-state index < -0.39 is 0 Å². The van der Waals surface area contributed by atoms with Crippen LogP contribution in [-0.4, -0.2) is 11.4 Å². The number of aromatic hydroxyl groups is 1. The van der Waals surface area contributed by atoms with E-state index in [4.69, 9.17) is 5.26 Å². The molecule has 0 atom stereocenters. The number of aldehydes is 1. The molecule has 0 bridgehead atoms. The molecule has 0 heterocycles. The van der Waals surface area contributed by atoms with E-state index in [2.05, 4.69) is 15.9 Å². The fourth-order valence-electron chi connectivity index (χ4n) is 0.962. The van der Waals surface area contributed by atoms with Gasteiger partial charge in [0.15, 0.2) is 6.29 Å². The lowest BCUT2D eigenvalue weighted by Crippen LogP contribution is -1.88. The molecule has 0 aliphatic carbocycles. The molecular weight excluding hydrogens is 234 g/mol. The molecule has 0 amide bonds. The zero-order valence-corrected chi connectivity index (χ0v) is 8.21. The molecule has 0 unspecified atom stereocenters. The highest BCUT2D eigenvalue weighted by Gasteiger charge is 2.06. The van der Waals surface area contributed by atoms with E-state index in [9.17, 15) is 9.90 Å². The molecular formula is C9H6BrNO2. The van der Waals surface area contributed by atoms with Gasteiger partial charge >= 0.3 is 0 Å². The second kappa shape index (κ2) is 4.06. The van der Waals surface area contributed by atoms with E-state index in [0.717, 1.165) is 0 Å². The fraction of sp³-hybridized carbons (Fsp3) is 0.111. The predicted molar refractivity (Wildman–Crippen MR) is 50.5 cm³/mol. The predicted octanol–water partition coefficient (Wildman–Crippen LogP) is 2.03. The first-order valence-electron chi connectivity index (χ1n) is 3.52. The summed E-state index contributed by atoms with van der Waals surface area (Å²) in [4.78, 5) is 10.5. The Balaban J connectivity index is 3.23. The summed E-state index contributed by atoms with van der Waals surface area (Å²) < 4.78 is 0.433. The van der Waals surface area contributed by atoms with Crippen LogP contribution in [0.3, 0.4) is 0 Å². The third kappa shape index (κ3) is 2.07. The van der Waals surface area contributed by atoms with Gasteiger partial charge in [-0.3, -0.25) is 4.79 Å². The molecule has 0 spiro atoms. The monoisotopic (exact) mass is 239 g/mol. The Morgan fingerprint density at radius 3 is 2.85 bits per heavy atom. The average molecular weight is 240 g/mol. The van der Waals surface area contributed by atoms with Crippen LogP contribution in [0.5, 0.6) is 5.75 Å². The molecule has 3 nitrogen and oxygen atoms in total. The average Bonchev–Trinajstić information content (AvgIpc) is 2.11. The molecule has 1 aromatic carbocycles. The molecule has 0 aliphatic rings. The number of hydrogen-bond donors (Lipinski definition) is 1. The van der Waals surface area contributed by atoms with Gasteiger partial charge in [0.25, 0.3) is 0 Å². The van der Waals surface area contributed by atoms with Crippen LogP contribution in [0.1, 0.15) is 15.9 Å². The minimum absolute atomic E-state index is 0.0864. The number of phenols is 1. The van der Waals surface area contributed by atoms with Crippen molar-refractivity contribution in [3.05, 3.63) is 27.7 Å². The van der Waals surface area contributed by atoms with Crippen molar-refractivity contribution in [2.24, 2.45) is 0 Å². The normalized spacial score (nSPS) is 9.23. The van der Waals surface area contributed by atoms with Crippen molar-refractivity contribution in [3.8, 4) is 11.8 Å². The molecule has 66 valence electrons. The van der Waals surface area contributed by atoms with Crippen molar-refractivity contribution < 1.29 is 9.90 Å². The number of carbonyl (C=O) groups excluding carboxylic acids is 1. The summed E-state index contributed by atoms with van der Waals surface area (Å²) in [5.74, 6) is -0.0864. The van der Waals surface area contributed by atoms with Gasteiger partial charge in [-0.15, -0.1) is 0 Å². The van der Waals surface area contributed by atoms with Crippen LogP contribution in [0.4, 0.5) is 0 Å². The van der Waals surface area contributed by atoms with Crippen LogP contribution < -0.4 is 0 Å². The largest absolute Gasteiger partial charge is 0.506 e. The van der Waals surface area contributed by atoms with E-state index in [0.29, 0.717) is 16.3 Å². The highest BCUT2D eigenvalue weighted by Crippen LogP contribution is 2.28. The van der Waals surface area contributed by atoms with Gasteiger partial charge in [-0.25, -0.2) is 0 Å². The molecule has 4 heteroatoms. The lowest BCUT2D eigenvalue weighted by molar-refractivity contribution is 0.112. The van der Waals surface area contributed by atoms with E-state index in [1.54, 1.807) is 6.07 Å². The molecule has 1 rings (SSSR count). The van der Waals surface area contributed by atoms with Gasteiger partial charge in [0, 0.05) is 0 Å². The van der Waals surface area contributed by atoms with Crippen molar-refractivity contribution in [1.29, 1.82) is 5.26 Å². The third-order valence-electron chi connectivity index (χ3n) is 1.56. The SMILES string of the molecule is N#CCc1cc(Br)c(O)c(C=O)c1. The van der Waals surface area contributed by atoms with Crippen molar-refractivity contribution in [3.63, 3.8) is 0 Å². The summed E-state index contributed by atoms with van der Waals surface area (Å²) in [7, 11) is 0. The Labute approximate surface area is 83.7 Å². The van der Waals surface area contributed by atoms with E-state index in [-0.39, 0.29) is 17.7 Å². The molecule has 0 fully saturated rings. The summed E-state index contributed by atoms with van der Waals surface area (Å²) in [6.45, 7) is 0. The molecule has 0 aromatic heterocycles. The number of nitriles is 1. The number of hydrogen-bond acceptors (Lipinski definition) is 3. The highest BCUT2D eigenvalue weighted by molar-refractivity contribution is 9.10. The van der Waals surface area contributed by atoms with Crippen LogP contribution >= 0.6 is 15.9 Å². The third-order valence-corrected chi connectivity index (χ3v) is 2.17. The minimum Gasteiger partial charge on any atom is -0.506 e. The summed E-state index contributed by atoms with van der Waals surface area (Å²) in [6, 6.07) is 5.08. The highest BCUT2D eigenvalue weighted by atomic mass is 79.9. The maximum absolute atomic E-state index is 10.5. The molecule has 0 aliphatic heterocycles. The first kappa shape index (κ1) is 9.75. The Morgan fingerprint density at radius 1 is 1.62 bits per heavy atom. The van der Waals surface area contributed by atoms with Gasteiger partial charge in [-0.1, -0.05) is 0 Å². The van der Waals surface area contributed by atoms with Crippen molar-refractivity contribution in [2.75, 3.05) is 0 Å². The maximum Gasteiger partial charge on any atom is 0.153 e. The number of phenolic OH excluding ortho intramolecular Hbond substituents is 1. The zero-order chi connectivity index (χ0) is 9.84. The lowest BCUT2D eigenvalue weighted by atomic mass is 10.1. The second-order valence-corrected chi connectivity index (χ2v) is 3.32. The lowest BCUT2D eigenvalue weighted by Gasteiger charge is -2.02. The zero-order valence-electron chi connectivity index (χ0n) is 6.62. The number of halogens is 1. The maximum atomic E-state index is 10.5. The minimum atomic E-state index is -0.0864. The topological polar surface area (TPSA) is 61.1 Å².